The number of methoxy groups -OCH3 is 1. The predicted molar refractivity (Wildman–Crippen MR) is 71.9 cm³/mol. The molecule has 3 heteroatoms. The number of hydrogen-bond donors (Lipinski definition) is 1. The molecule has 0 fully saturated rings. The van der Waals surface area contributed by atoms with Crippen LogP contribution in [0.4, 0.5) is 0 Å². The van der Waals surface area contributed by atoms with E-state index in [0.29, 0.717) is 5.92 Å². The maximum Gasteiger partial charge on any atom is 0.0468 e. The highest BCUT2D eigenvalue weighted by Crippen LogP contribution is 2.22. The zero-order chi connectivity index (χ0) is 11.8. The van der Waals surface area contributed by atoms with Gasteiger partial charge in [-0.1, -0.05) is 35.0 Å². The van der Waals surface area contributed by atoms with Gasteiger partial charge < -0.3 is 10.1 Å². The molecular weight excluding hydrogens is 266 g/mol. The zero-order valence-electron chi connectivity index (χ0n) is 10.0. The zero-order valence-corrected chi connectivity index (χ0v) is 11.6. The molecule has 1 atom stereocenters. The predicted octanol–water partition coefficient (Wildman–Crippen LogP) is 3.18. The minimum atomic E-state index is 0.525. The summed E-state index contributed by atoms with van der Waals surface area (Å²) in [4.78, 5) is 0. The van der Waals surface area contributed by atoms with Gasteiger partial charge in [-0.05, 0) is 36.6 Å². The Balaban J connectivity index is 2.66. The van der Waals surface area contributed by atoms with Crippen LogP contribution >= 0.6 is 15.9 Å². The number of benzene rings is 1. The quantitative estimate of drug-likeness (QED) is 0.831. The first-order valence-electron chi connectivity index (χ1n) is 5.73. The van der Waals surface area contributed by atoms with Gasteiger partial charge >= 0.3 is 0 Å². The summed E-state index contributed by atoms with van der Waals surface area (Å²) >= 11 is 3.52. The monoisotopic (exact) mass is 285 g/mol. The minimum Gasteiger partial charge on any atom is -0.385 e. The molecule has 1 N–H and O–H groups in total. The number of nitrogens with one attached hydrogen (secondary N) is 1. The van der Waals surface area contributed by atoms with Crippen LogP contribution in [0.25, 0.3) is 0 Å². The fraction of sp³-hybridized carbons (Fsp3) is 0.538. The summed E-state index contributed by atoms with van der Waals surface area (Å²) in [5, 5.41) is 3.40. The molecule has 1 rings (SSSR count). The van der Waals surface area contributed by atoms with Crippen LogP contribution in [0, 0.1) is 0 Å². The Hall–Kier alpha value is -0.380. The van der Waals surface area contributed by atoms with Crippen LogP contribution in [0.1, 0.15) is 24.8 Å². The number of hydrogen-bond acceptors (Lipinski definition) is 2. The van der Waals surface area contributed by atoms with Crippen LogP contribution in [0.15, 0.2) is 28.7 Å². The van der Waals surface area contributed by atoms with Gasteiger partial charge in [0.05, 0.1) is 0 Å². The number of likely N-dealkylation sites (N-methyl/N-ethyl adjacent to an activating group) is 1. The van der Waals surface area contributed by atoms with E-state index in [1.165, 1.54) is 5.56 Å². The van der Waals surface area contributed by atoms with Crippen LogP contribution in [0.2, 0.25) is 0 Å². The van der Waals surface area contributed by atoms with E-state index >= 15 is 0 Å². The van der Waals surface area contributed by atoms with E-state index in [2.05, 4.69) is 52.4 Å². The van der Waals surface area contributed by atoms with E-state index in [1.807, 2.05) is 0 Å². The van der Waals surface area contributed by atoms with Crippen molar-refractivity contribution in [3.63, 3.8) is 0 Å². The molecule has 0 radical (unpaired) electrons. The van der Waals surface area contributed by atoms with Crippen LogP contribution in [-0.4, -0.2) is 26.8 Å². The highest BCUT2D eigenvalue weighted by atomic mass is 79.9. The maximum absolute atomic E-state index is 5.16. The van der Waals surface area contributed by atoms with Crippen LogP contribution in [0.3, 0.4) is 0 Å². The molecule has 0 saturated carbocycles. The molecule has 1 aromatic carbocycles. The lowest BCUT2D eigenvalue weighted by atomic mass is 9.96. The molecule has 0 saturated heterocycles. The summed E-state index contributed by atoms with van der Waals surface area (Å²) < 4.78 is 6.31. The van der Waals surface area contributed by atoms with Crippen molar-refractivity contribution in [3.8, 4) is 0 Å². The molecule has 0 amide bonds. The second kappa shape index (κ2) is 7.82. The molecular formula is C13H20BrNO. The van der Waals surface area contributed by atoms with Crippen molar-refractivity contribution in [3.05, 3.63) is 34.3 Å². The van der Waals surface area contributed by atoms with Crippen molar-refractivity contribution in [2.45, 2.75) is 19.3 Å². The molecule has 90 valence electrons. The van der Waals surface area contributed by atoms with Crippen molar-refractivity contribution >= 4 is 15.9 Å². The molecule has 1 aromatic rings. The van der Waals surface area contributed by atoms with Crippen molar-refractivity contribution in [2.75, 3.05) is 26.8 Å². The summed E-state index contributed by atoms with van der Waals surface area (Å²) in [7, 11) is 1.76. The third-order valence-corrected chi connectivity index (χ3v) is 3.12. The molecule has 0 aliphatic heterocycles. The number of ether oxygens (including phenoxy) is 1. The highest BCUT2D eigenvalue weighted by Gasteiger charge is 2.10. The number of rotatable bonds is 7. The molecule has 1 unspecified atom stereocenters. The molecule has 2 nitrogen and oxygen atoms in total. The third-order valence-electron chi connectivity index (χ3n) is 2.63. The van der Waals surface area contributed by atoms with Gasteiger partial charge in [0, 0.05) is 24.7 Å². The first kappa shape index (κ1) is 13.7. The van der Waals surface area contributed by atoms with Gasteiger partial charge in [0.2, 0.25) is 0 Å². The van der Waals surface area contributed by atoms with Crippen LogP contribution in [0.5, 0.6) is 0 Å². The van der Waals surface area contributed by atoms with Crippen molar-refractivity contribution in [2.24, 2.45) is 0 Å². The van der Waals surface area contributed by atoms with Gasteiger partial charge in [-0.25, -0.2) is 0 Å². The number of halogens is 1. The van der Waals surface area contributed by atoms with Gasteiger partial charge in [-0.2, -0.15) is 0 Å². The Morgan fingerprint density at radius 1 is 1.44 bits per heavy atom. The standard InChI is InChI=1S/C13H20BrNO/c1-3-15-10-12(7-8-16-2)11-5-4-6-13(14)9-11/h4-6,9,12,15H,3,7-8,10H2,1-2H3. The van der Waals surface area contributed by atoms with E-state index < -0.39 is 0 Å². The Morgan fingerprint density at radius 2 is 2.25 bits per heavy atom. The second-order valence-electron chi connectivity index (χ2n) is 3.84. The Morgan fingerprint density at radius 3 is 2.88 bits per heavy atom. The molecule has 0 spiro atoms. The lowest BCUT2D eigenvalue weighted by Crippen LogP contribution is -2.22. The van der Waals surface area contributed by atoms with Crippen LogP contribution in [-0.2, 0) is 4.74 Å². The molecule has 0 aliphatic carbocycles. The molecule has 0 aromatic heterocycles. The smallest absolute Gasteiger partial charge is 0.0468 e. The Labute approximate surface area is 107 Å². The van der Waals surface area contributed by atoms with E-state index in [1.54, 1.807) is 7.11 Å². The first-order chi connectivity index (χ1) is 7.77. The van der Waals surface area contributed by atoms with Crippen molar-refractivity contribution in [1.29, 1.82) is 0 Å². The van der Waals surface area contributed by atoms with Crippen LogP contribution < -0.4 is 5.32 Å². The fourth-order valence-electron chi connectivity index (χ4n) is 1.73. The van der Waals surface area contributed by atoms with E-state index in [-0.39, 0.29) is 0 Å². The second-order valence-corrected chi connectivity index (χ2v) is 4.76. The largest absolute Gasteiger partial charge is 0.385 e. The van der Waals surface area contributed by atoms with Gasteiger partial charge in [0.25, 0.3) is 0 Å². The third kappa shape index (κ3) is 4.64. The molecule has 0 heterocycles. The lowest BCUT2D eigenvalue weighted by molar-refractivity contribution is 0.187. The normalized spacial score (nSPS) is 12.7. The highest BCUT2D eigenvalue weighted by molar-refractivity contribution is 9.10. The molecule has 0 bridgehead atoms. The Bertz CT molecular complexity index is 296. The van der Waals surface area contributed by atoms with Crippen molar-refractivity contribution in [1.82, 2.24) is 5.32 Å². The summed E-state index contributed by atoms with van der Waals surface area (Å²) in [6.45, 7) is 4.96. The minimum absolute atomic E-state index is 0.525. The summed E-state index contributed by atoms with van der Waals surface area (Å²) in [6, 6.07) is 8.52. The average Bonchev–Trinajstić information content (AvgIpc) is 2.29. The maximum atomic E-state index is 5.16. The molecule has 0 aliphatic rings. The van der Waals surface area contributed by atoms with Gasteiger partial charge in [-0.3, -0.25) is 0 Å². The van der Waals surface area contributed by atoms with Gasteiger partial charge in [0.15, 0.2) is 0 Å². The van der Waals surface area contributed by atoms with E-state index in [0.717, 1.165) is 30.6 Å². The topological polar surface area (TPSA) is 21.3 Å². The van der Waals surface area contributed by atoms with E-state index in [4.69, 9.17) is 4.74 Å². The fourth-order valence-corrected chi connectivity index (χ4v) is 2.14. The first-order valence-corrected chi connectivity index (χ1v) is 6.52. The SMILES string of the molecule is CCNCC(CCOC)c1cccc(Br)c1. The average molecular weight is 286 g/mol. The Kier molecular flexibility index (Phi) is 6.69. The molecule has 16 heavy (non-hydrogen) atoms. The van der Waals surface area contributed by atoms with E-state index in [9.17, 15) is 0 Å². The van der Waals surface area contributed by atoms with Gasteiger partial charge in [-0.15, -0.1) is 0 Å². The summed E-state index contributed by atoms with van der Waals surface area (Å²) in [6.07, 6.45) is 1.06. The lowest BCUT2D eigenvalue weighted by Gasteiger charge is -2.17. The summed E-state index contributed by atoms with van der Waals surface area (Å²) in [5.41, 5.74) is 1.37. The summed E-state index contributed by atoms with van der Waals surface area (Å²) in [5.74, 6) is 0.525. The van der Waals surface area contributed by atoms with Crippen molar-refractivity contribution < 1.29 is 4.74 Å². The van der Waals surface area contributed by atoms with Gasteiger partial charge in [0.1, 0.15) is 0 Å².